The minimum atomic E-state index is 0.337. The Morgan fingerprint density at radius 3 is 2.84 bits per heavy atom. The highest BCUT2D eigenvalue weighted by atomic mass is 16.5. The summed E-state index contributed by atoms with van der Waals surface area (Å²) in [6.07, 6.45) is 3.71. The van der Waals surface area contributed by atoms with Crippen molar-refractivity contribution in [1.29, 1.82) is 0 Å². The number of nitrogens with zero attached hydrogens (tertiary/aromatic N) is 1. The second-order valence-corrected chi connectivity index (χ2v) is 6.07. The lowest BCUT2D eigenvalue weighted by atomic mass is 9.86. The van der Waals surface area contributed by atoms with Gasteiger partial charge >= 0.3 is 0 Å². The topological polar surface area (TPSA) is 38.5 Å². The van der Waals surface area contributed by atoms with E-state index in [1.165, 1.54) is 30.4 Å². The normalized spacial score (nSPS) is 31.2. The van der Waals surface area contributed by atoms with E-state index in [0.717, 1.165) is 18.8 Å². The fourth-order valence-corrected chi connectivity index (χ4v) is 3.56. The molecule has 1 fully saturated rings. The van der Waals surface area contributed by atoms with Crippen molar-refractivity contribution in [2.75, 3.05) is 20.2 Å². The molecule has 0 bridgehead atoms. The van der Waals surface area contributed by atoms with Crippen LogP contribution in [0.1, 0.15) is 36.9 Å². The van der Waals surface area contributed by atoms with Crippen LogP contribution >= 0.6 is 0 Å². The van der Waals surface area contributed by atoms with Crippen molar-refractivity contribution >= 4 is 0 Å². The zero-order valence-electron chi connectivity index (χ0n) is 11.9. The van der Waals surface area contributed by atoms with Crippen LogP contribution in [0.2, 0.25) is 0 Å². The van der Waals surface area contributed by atoms with Crippen LogP contribution in [0.5, 0.6) is 5.75 Å². The molecule has 19 heavy (non-hydrogen) atoms. The van der Waals surface area contributed by atoms with E-state index in [9.17, 15) is 0 Å². The van der Waals surface area contributed by atoms with E-state index < -0.39 is 0 Å². The summed E-state index contributed by atoms with van der Waals surface area (Å²) in [6, 6.07) is 7.46. The number of benzene rings is 1. The van der Waals surface area contributed by atoms with Crippen molar-refractivity contribution in [3.63, 3.8) is 0 Å². The number of ether oxygens (including phenoxy) is 1. The Morgan fingerprint density at radius 2 is 2.16 bits per heavy atom. The minimum absolute atomic E-state index is 0.337. The van der Waals surface area contributed by atoms with Crippen LogP contribution in [0, 0.1) is 5.92 Å². The van der Waals surface area contributed by atoms with E-state index in [1.807, 2.05) is 0 Å². The molecule has 0 spiro atoms. The summed E-state index contributed by atoms with van der Waals surface area (Å²) in [7, 11) is 1.74. The Labute approximate surface area is 115 Å². The van der Waals surface area contributed by atoms with Crippen LogP contribution in [0.3, 0.4) is 0 Å². The zero-order valence-corrected chi connectivity index (χ0v) is 11.9. The van der Waals surface area contributed by atoms with Crippen LogP contribution in [-0.2, 0) is 6.42 Å². The van der Waals surface area contributed by atoms with Gasteiger partial charge in [0, 0.05) is 25.2 Å². The van der Waals surface area contributed by atoms with E-state index in [-0.39, 0.29) is 0 Å². The summed E-state index contributed by atoms with van der Waals surface area (Å²) in [4.78, 5) is 2.58. The predicted molar refractivity (Wildman–Crippen MR) is 77.4 cm³/mol. The highest BCUT2D eigenvalue weighted by Gasteiger charge is 2.34. The highest BCUT2D eigenvalue weighted by Crippen LogP contribution is 2.38. The molecule has 1 aromatic rings. The van der Waals surface area contributed by atoms with Crippen molar-refractivity contribution in [1.82, 2.24) is 4.90 Å². The maximum Gasteiger partial charge on any atom is 0.119 e. The molecule has 1 heterocycles. The van der Waals surface area contributed by atoms with Crippen molar-refractivity contribution in [2.45, 2.75) is 38.3 Å². The van der Waals surface area contributed by atoms with Gasteiger partial charge in [-0.05, 0) is 48.4 Å². The summed E-state index contributed by atoms with van der Waals surface area (Å²) < 4.78 is 5.34. The number of hydrogen-bond donors (Lipinski definition) is 1. The zero-order chi connectivity index (χ0) is 13.4. The molecule has 3 rings (SSSR count). The van der Waals surface area contributed by atoms with E-state index in [0.29, 0.717) is 18.0 Å². The Kier molecular flexibility index (Phi) is 3.50. The van der Waals surface area contributed by atoms with E-state index in [1.54, 1.807) is 7.11 Å². The third-order valence-corrected chi connectivity index (χ3v) is 4.77. The van der Waals surface area contributed by atoms with Gasteiger partial charge in [0.1, 0.15) is 5.75 Å². The summed E-state index contributed by atoms with van der Waals surface area (Å²) >= 11 is 0. The molecule has 1 aliphatic carbocycles. The maximum absolute atomic E-state index is 6.18. The summed E-state index contributed by atoms with van der Waals surface area (Å²) in [6.45, 7) is 4.44. The predicted octanol–water partition coefficient (Wildman–Crippen LogP) is 2.35. The summed E-state index contributed by atoms with van der Waals surface area (Å²) in [5, 5.41) is 0. The molecule has 1 aliphatic heterocycles. The van der Waals surface area contributed by atoms with Crippen LogP contribution in [0.15, 0.2) is 18.2 Å². The Hall–Kier alpha value is -1.06. The van der Waals surface area contributed by atoms with Gasteiger partial charge in [-0.2, -0.15) is 0 Å². The molecule has 3 unspecified atom stereocenters. The van der Waals surface area contributed by atoms with E-state index in [2.05, 4.69) is 30.0 Å². The van der Waals surface area contributed by atoms with Crippen molar-refractivity contribution in [3.8, 4) is 5.75 Å². The van der Waals surface area contributed by atoms with E-state index in [4.69, 9.17) is 10.5 Å². The molecule has 2 aliphatic rings. The number of aryl methyl sites for hydroxylation is 1. The molecule has 3 atom stereocenters. The van der Waals surface area contributed by atoms with E-state index >= 15 is 0 Å². The molecular weight excluding hydrogens is 236 g/mol. The quantitative estimate of drug-likeness (QED) is 0.887. The standard InChI is InChI=1S/C16H24N2O/c1-11-9-18(10-15(11)17)16-5-3-4-12-8-13(19-2)6-7-14(12)16/h6-8,11,15-16H,3-5,9-10,17H2,1-2H3. The lowest BCUT2D eigenvalue weighted by molar-refractivity contribution is 0.214. The number of hydrogen-bond acceptors (Lipinski definition) is 3. The van der Waals surface area contributed by atoms with Crippen LogP contribution in [-0.4, -0.2) is 31.1 Å². The average Bonchev–Trinajstić information content (AvgIpc) is 2.77. The minimum Gasteiger partial charge on any atom is -0.497 e. The molecule has 3 heteroatoms. The molecule has 0 amide bonds. The number of nitrogens with two attached hydrogens (primary N) is 1. The number of methoxy groups -OCH3 is 1. The first-order valence-electron chi connectivity index (χ1n) is 7.35. The van der Waals surface area contributed by atoms with Crippen LogP contribution in [0.4, 0.5) is 0 Å². The monoisotopic (exact) mass is 260 g/mol. The van der Waals surface area contributed by atoms with Crippen molar-refractivity contribution in [2.24, 2.45) is 11.7 Å². The van der Waals surface area contributed by atoms with Crippen molar-refractivity contribution < 1.29 is 4.74 Å². The Bertz CT molecular complexity index is 450. The largest absolute Gasteiger partial charge is 0.497 e. The molecule has 104 valence electrons. The number of rotatable bonds is 2. The summed E-state index contributed by atoms with van der Waals surface area (Å²) in [5.41, 5.74) is 9.13. The number of likely N-dealkylation sites (tertiary alicyclic amines) is 1. The molecule has 0 aromatic heterocycles. The highest BCUT2D eigenvalue weighted by molar-refractivity contribution is 5.39. The average molecular weight is 260 g/mol. The smallest absolute Gasteiger partial charge is 0.119 e. The molecule has 0 saturated carbocycles. The van der Waals surface area contributed by atoms with Gasteiger partial charge in [-0.1, -0.05) is 13.0 Å². The number of fused-ring (bicyclic) bond motifs is 1. The second kappa shape index (κ2) is 5.14. The lowest BCUT2D eigenvalue weighted by Crippen LogP contribution is -2.32. The molecule has 1 saturated heterocycles. The fraction of sp³-hybridized carbons (Fsp3) is 0.625. The maximum atomic E-state index is 6.18. The van der Waals surface area contributed by atoms with Gasteiger partial charge < -0.3 is 10.5 Å². The molecule has 2 N–H and O–H groups in total. The van der Waals surface area contributed by atoms with Gasteiger partial charge in [0.25, 0.3) is 0 Å². The fourth-order valence-electron chi connectivity index (χ4n) is 3.56. The van der Waals surface area contributed by atoms with Crippen molar-refractivity contribution in [3.05, 3.63) is 29.3 Å². The van der Waals surface area contributed by atoms with Crippen LogP contribution < -0.4 is 10.5 Å². The third kappa shape index (κ3) is 2.37. The van der Waals surface area contributed by atoms with Gasteiger partial charge in [0.05, 0.1) is 7.11 Å². The molecule has 1 aromatic carbocycles. The first-order chi connectivity index (χ1) is 9.19. The first-order valence-corrected chi connectivity index (χ1v) is 7.35. The summed E-state index contributed by atoms with van der Waals surface area (Å²) in [5.74, 6) is 1.59. The van der Waals surface area contributed by atoms with Gasteiger partial charge in [-0.15, -0.1) is 0 Å². The van der Waals surface area contributed by atoms with Gasteiger partial charge in [0.15, 0.2) is 0 Å². The lowest BCUT2D eigenvalue weighted by Gasteiger charge is -2.33. The Morgan fingerprint density at radius 1 is 1.32 bits per heavy atom. The van der Waals surface area contributed by atoms with Gasteiger partial charge in [-0.3, -0.25) is 4.90 Å². The van der Waals surface area contributed by atoms with Gasteiger partial charge in [-0.25, -0.2) is 0 Å². The van der Waals surface area contributed by atoms with Gasteiger partial charge in [0.2, 0.25) is 0 Å². The second-order valence-electron chi connectivity index (χ2n) is 6.07. The first kappa shape index (κ1) is 12.9. The molecular formula is C16H24N2O. The third-order valence-electron chi connectivity index (χ3n) is 4.77. The molecule has 0 radical (unpaired) electrons. The Balaban J connectivity index is 1.86. The van der Waals surface area contributed by atoms with Crippen LogP contribution in [0.25, 0.3) is 0 Å². The molecule has 3 nitrogen and oxygen atoms in total. The SMILES string of the molecule is COc1ccc2c(c1)CCCC2N1CC(C)C(N)C1.